The van der Waals surface area contributed by atoms with Crippen molar-refractivity contribution in [3.8, 4) is 56.3 Å². The third-order valence-electron chi connectivity index (χ3n) is 12.9. The van der Waals surface area contributed by atoms with Crippen LogP contribution in [0.2, 0.25) is 0 Å². The summed E-state index contributed by atoms with van der Waals surface area (Å²) in [6.07, 6.45) is 5.06. The van der Waals surface area contributed by atoms with E-state index in [9.17, 15) is 6.48 Å². The van der Waals surface area contributed by atoms with Crippen molar-refractivity contribution in [3.63, 3.8) is 0 Å². The number of hydrogen-bond acceptors (Lipinski definition) is 4. The molecule has 318 valence electrons. The zero-order valence-electron chi connectivity index (χ0n) is 43.9. The van der Waals surface area contributed by atoms with Crippen LogP contribution in [0.4, 0.5) is 0 Å². The molecule has 0 aliphatic carbocycles. The zero-order valence-corrected chi connectivity index (χ0v) is 35.9. The van der Waals surface area contributed by atoms with Gasteiger partial charge in [-0.1, -0.05) is 90.9 Å². The molecule has 7 nitrogen and oxygen atoms in total. The van der Waals surface area contributed by atoms with E-state index in [2.05, 4.69) is 63.1 Å². The summed E-state index contributed by atoms with van der Waals surface area (Å²) in [4.78, 5) is 8.91. The summed E-state index contributed by atoms with van der Waals surface area (Å²) in [6, 6.07) is 45.8. The molecule has 0 saturated carbocycles. The fourth-order valence-electron chi connectivity index (χ4n) is 9.79. The fraction of sp³-hybridized carbons (Fsp3) is 0.0333. The van der Waals surface area contributed by atoms with Crippen molar-refractivity contribution in [2.75, 3.05) is 7.11 Å². The van der Waals surface area contributed by atoms with E-state index < -0.39 is 0 Å². The van der Waals surface area contributed by atoms with E-state index in [0.29, 0.717) is 66.3 Å². The number of para-hydroxylation sites is 2. The van der Waals surface area contributed by atoms with Gasteiger partial charge in [0.15, 0.2) is 0 Å². The Morgan fingerprint density at radius 2 is 0.940 bits per heavy atom. The van der Waals surface area contributed by atoms with Crippen molar-refractivity contribution in [2.24, 2.45) is 0 Å². The van der Waals surface area contributed by atoms with Gasteiger partial charge in [-0.05, 0) is 125 Å². The minimum Gasteiger partial charge on any atom is -0.497 e. The summed E-state index contributed by atoms with van der Waals surface area (Å²) < 4.78 is 82.8. The van der Waals surface area contributed by atoms with Gasteiger partial charge in [0, 0.05) is 73.4 Å². The van der Waals surface area contributed by atoms with Gasteiger partial charge in [-0.2, -0.15) is 0 Å². The van der Waals surface area contributed by atoms with Crippen LogP contribution in [0.15, 0.2) is 213 Å². The van der Waals surface area contributed by atoms with Crippen LogP contribution in [0, 0.1) is 0 Å². The molecule has 0 amide bonds. The molecule has 0 atom stereocenters. The summed E-state index contributed by atoms with van der Waals surface area (Å²) in [7, 11) is 1.59. The lowest BCUT2D eigenvalue weighted by Crippen LogP contribution is -1.95. The molecule has 0 spiro atoms. The molecule has 13 aromatic rings. The van der Waals surface area contributed by atoms with Crippen molar-refractivity contribution in [1.29, 1.82) is 0 Å². The fourth-order valence-corrected chi connectivity index (χ4v) is 9.79. The highest BCUT2D eigenvalue weighted by molar-refractivity contribution is 6.14. The minimum absolute atomic E-state index is 0.122. The van der Waals surface area contributed by atoms with Gasteiger partial charge in [0.05, 0.1) is 69.7 Å². The van der Waals surface area contributed by atoms with E-state index in [1.54, 1.807) is 25.7 Å². The van der Waals surface area contributed by atoms with Gasteiger partial charge in [0.25, 0.3) is 0 Å². The first-order chi connectivity index (χ1) is 36.4. The molecule has 1 N–H and O–H groups in total. The van der Waals surface area contributed by atoms with E-state index in [0.717, 1.165) is 61.0 Å². The predicted molar refractivity (Wildman–Crippen MR) is 274 cm³/mol. The predicted octanol–water partition coefficient (Wildman–Crippen LogP) is 14.3. The van der Waals surface area contributed by atoms with Crippen molar-refractivity contribution in [3.05, 3.63) is 218 Å². The highest BCUT2D eigenvalue weighted by Crippen LogP contribution is 2.41. The Bertz CT molecular complexity index is 4320. The number of aliphatic hydroxyl groups is 1. The second-order valence-corrected chi connectivity index (χ2v) is 16.6. The average Bonchev–Trinajstić information content (AvgIpc) is 4.18. The molecular formula is C60H41N5O2. The van der Waals surface area contributed by atoms with E-state index in [-0.39, 0.29) is 54.9 Å². The van der Waals surface area contributed by atoms with Gasteiger partial charge in [0.1, 0.15) is 5.75 Å². The van der Waals surface area contributed by atoms with Gasteiger partial charge >= 0.3 is 0 Å². The smallest absolute Gasteiger partial charge is 0.120 e. The summed E-state index contributed by atoms with van der Waals surface area (Å²) in [5.41, 5.74) is 12.0. The first-order valence-electron chi connectivity index (χ1n) is 25.8. The van der Waals surface area contributed by atoms with Crippen LogP contribution in [-0.4, -0.2) is 35.9 Å². The molecule has 0 saturated heterocycles. The van der Waals surface area contributed by atoms with Crippen LogP contribution in [0.5, 0.6) is 5.75 Å². The Morgan fingerprint density at radius 1 is 0.463 bits per heavy atom. The molecule has 0 unspecified atom stereocenters. The normalized spacial score (nSPS) is 13.5. The van der Waals surface area contributed by atoms with E-state index in [4.69, 9.17) is 14.3 Å². The number of ether oxygens (including phenoxy) is 1. The molecule has 0 radical (unpaired) electrons. The maximum absolute atomic E-state index is 10.1. The van der Waals surface area contributed by atoms with Gasteiger partial charge in [0.2, 0.25) is 0 Å². The second-order valence-electron chi connectivity index (χ2n) is 16.6. The Labute approximate surface area is 396 Å². The van der Waals surface area contributed by atoms with Crippen molar-refractivity contribution >= 4 is 65.4 Å². The molecule has 7 heteroatoms. The van der Waals surface area contributed by atoms with Crippen LogP contribution < -0.4 is 4.74 Å². The van der Waals surface area contributed by atoms with E-state index in [1.165, 1.54) is 0 Å². The molecular weight excluding hydrogens is 823 g/mol. The van der Waals surface area contributed by atoms with Crippen LogP contribution >= 0.6 is 0 Å². The second kappa shape index (κ2) is 15.4. The van der Waals surface area contributed by atoms with Gasteiger partial charge < -0.3 is 23.5 Å². The van der Waals surface area contributed by atoms with Crippen molar-refractivity contribution in [2.45, 2.75) is 6.61 Å². The lowest BCUT2D eigenvalue weighted by molar-refractivity contribution is 0.282. The summed E-state index contributed by atoms with van der Waals surface area (Å²) in [5, 5.41) is 14.1. The standard InChI is InChI=1S/C60H41N5O2/c1-67-47-14-8-13-46(35-47)65-56-18-5-3-16-49(56)51-32-40(20-24-58(51)65)42-22-26-60-53(34-42)52-33-41(21-25-59(52)64(60)45-12-7-10-43(30-45)54-36-61-27-28-62-54)39-19-23-57-50(31-39)48-15-2-4-17-55(48)63(57)44-11-6-9-38(29-44)37-66/h2-36,66H,37H2,1H3/i2D,3D,4D,5D,15D,16D,17D,18D. The number of methoxy groups -OCH3 is 1. The van der Waals surface area contributed by atoms with Crippen LogP contribution in [-0.2, 0) is 6.61 Å². The molecule has 13 rings (SSSR count). The number of hydrogen-bond donors (Lipinski definition) is 1. The Balaban J connectivity index is 1.04. The first-order valence-corrected chi connectivity index (χ1v) is 21.8. The number of fused-ring (bicyclic) bond motifs is 9. The lowest BCUT2D eigenvalue weighted by atomic mass is 9.98. The number of rotatable bonds is 8. The highest BCUT2D eigenvalue weighted by atomic mass is 16.5. The largest absolute Gasteiger partial charge is 0.497 e. The Morgan fingerprint density at radius 3 is 1.46 bits per heavy atom. The molecule has 0 aliphatic heterocycles. The quantitative estimate of drug-likeness (QED) is 0.165. The molecule has 0 bridgehead atoms. The molecule has 0 aliphatic rings. The van der Waals surface area contributed by atoms with Crippen molar-refractivity contribution in [1.82, 2.24) is 23.7 Å². The monoisotopic (exact) mass is 871 g/mol. The van der Waals surface area contributed by atoms with Crippen LogP contribution in [0.25, 0.3) is 116 Å². The SMILES string of the molecule is [2H]c1c([2H])c([2H])c2c(c1[2H])c1cc(-c3ccc4c(c3)c3cc(-c5ccc6c(c5)c5c([2H])c([2H])c([2H])c([2H])c5n6-c5cccc(OC)c5)ccc3n4-c3cccc(-c4cnccn4)c3)ccc1n2-c1cccc(CO)c1. The minimum atomic E-state index is -0.327. The lowest BCUT2D eigenvalue weighted by Gasteiger charge is -2.11. The Hall–Kier alpha value is -8.78. The van der Waals surface area contributed by atoms with Crippen molar-refractivity contribution < 1.29 is 20.8 Å². The van der Waals surface area contributed by atoms with E-state index in [1.807, 2.05) is 106 Å². The van der Waals surface area contributed by atoms with Gasteiger partial charge in [-0.15, -0.1) is 0 Å². The zero-order chi connectivity index (χ0) is 51.6. The summed E-state index contributed by atoms with van der Waals surface area (Å²) in [6.45, 7) is -0.186. The summed E-state index contributed by atoms with van der Waals surface area (Å²) in [5.74, 6) is 0.612. The van der Waals surface area contributed by atoms with Gasteiger partial charge in [-0.3, -0.25) is 9.97 Å². The number of nitrogens with zero attached hydrogens (tertiary/aromatic N) is 5. The number of aliphatic hydroxyl groups excluding tert-OH is 1. The number of aromatic nitrogens is 5. The Kier molecular flexibility index (Phi) is 7.18. The third-order valence-corrected chi connectivity index (χ3v) is 12.9. The first kappa shape index (κ1) is 31.2. The highest BCUT2D eigenvalue weighted by Gasteiger charge is 2.19. The number of benzene rings is 9. The molecule has 4 aromatic heterocycles. The molecule has 0 fully saturated rings. The van der Waals surface area contributed by atoms with E-state index >= 15 is 0 Å². The van der Waals surface area contributed by atoms with Crippen LogP contribution in [0.1, 0.15) is 16.5 Å². The third kappa shape index (κ3) is 6.24. The summed E-state index contributed by atoms with van der Waals surface area (Å²) >= 11 is 0. The topological polar surface area (TPSA) is 70.0 Å². The average molecular weight is 872 g/mol. The van der Waals surface area contributed by atoms with Gasteiger partial charge in [-0.25, -0.2) is 0 Å². The molecule has 9 aromatic carbocycles. The molecule has 67 heavy (non-hydrogen) atoms. The maximum Gasteiger partial charge on any atom is 0.120 e. The molecule has 4 heterocycles. The van der Waals surface area contributed by atoms with Crippen LogP contribution in [0.3, 0.4) is 0 Å². The maximum atomic E-state index is 10.1.